The minimum atomic E-state index is -0.340. The second kappa shape index (κ2) is 8.58. The van der Waals surface area contributed by atoms with Crippen LogP contribution in [0.1, 0.15) is 12.0 Å². The summed E-state index contributed by atoms with van der Waals surface area (Å²) in [5.41, 5.74) is 1.78. The molecule has 0 spiro atoms. The summed E-state index contributed by atoms with van der Waals surface area (Å²) in [4.78, 5) is 23.5. The Balaban J connectivity index is 1.70. The maximum Gasteiger partial charge on any atom is 0.233 e. The van der Waals surface area contributed by atoms with Gasteiger partial charge in [0.05, 0.1) is 7.11 Å². The molecule has 0 bridgehead atoms. The molecule has 2 aromatic rings. The van der Waals surface area contributed by atoms with E-state index in [0.29, 0.717) is 18.0 Å². The van der Waals surface area contributed by atoms with Crippen molar-refractivity contribution >= 4 is 17.5 Å². The van der Waals surface area contributed by atoms with E-state index in [1.54, 1.807) is 31.4 Å². The first-order valence-corrected chi connectivity index (χ1v) is 7.42. The first kappa shape index (κ1) is 16.5. The maximum absolute atomic E-state index is 11.8. The number of anilines is 1. The number of hydrogen-bond acceptors (Lipinski definition) is 3. The van der Waals surface area contributed by atoms with E-state index < -0.39 is 0 Å². The third-order valence-corrected chi connectivity index (χ3v) is 3.27. The zero-order valence-corrected chi connectivity index (χ0v) is 13.0. The van der Waals surface area contributed by atoms with Crippen molar-refractivity contribution in [2.75, 3.05) is 19.0 Å². The number of methoxy groups -OCH3 is 1. The molecule has 0 unspecified atom stereocenters. The highest BCUT2D eigenvalue weighted by Gasteiger charge is 2.09. The highest BCUT2D eigenvalue weighted by atomic mass is 16.5. The second-order valence-corrected chi connectivity index (χ2v) is 5.04. The Morgan fingerprint density at radius 3 is 2.30 bits per heavy atom. The van der Waals surface area contributed by atoms with Gasteiger partial charge in [-0.2, -0.15) is 0 Å². The fourth-order valence-corrected chi connectivity index (χ4v) is 2.08. The van der Waals surface area contributed by atoms with Gasteiger partial charge in [-0.05, 0) is 36.2 Å². The molecule has 0 saturated carbocycles. The molecule has 2 amide bonds. The van der Waals surface area contributed by atoms with E-state index in [2.05, 4.69) is 10.6 Å². The third-order valence-electron chi connectivity index (χ3n) is 3.27. The predicted octanol–water partition coefficient (Wildman–Crippen LogP) is 2.38. The number of benzene rings is 2. The number of carbonyl (C=O) groups is 2. The molecular formula is C18H20N2O3. The molecule has 0 aromatic heterocycles. The number of ether oxygens (including phenoxy) is 1. The van der Waals surface area contributed by atoms with Crippen LogP contribution in [-0.2, 0) is 16.0 Å². The summed E-state index contributed by atoms with van der Waals surface area (Å²) >= 11 is 0. The molecule has 2 aromatic carbocycles. The van der Waals surface area contributed by atoms with Gasteiger partial charge in [0, 0.05) is 12.2 Å². The number of nitrogens with one attached hydrogen (secondary N) is 2. The van der Waals surface area contributed by atoms with Crippen LogP contribution in [0.15, 0.2) is 54.6 Å². The molecule has 120 valence electrons. The molecule has 0 saturated heterocycles. The van der Waals surface area contributed by atoms with E-state index >= 15 is 0 Å². The van der Waals surface area contributed by atoms with Gasteiger partial charge >= 0.3 is 0 Å². The first-order chi connectivity index (χ1) is 11.2. The average molecular weight is 312 g/mol. The molecule has 0 aliphatic rings. The van der Waals surface area contributed by atoms with Crippen molar-refractivity contribution in [2.45, 2.75) is 12.8 Å². The van der Waals surface area contributed by atoms with Crippen LogP contribution in [0.4, 0.5) is 5.69 Å². The number of amides is 2. The molecule has 0 heterocycles. The molecule has 2 N–H and O–H groups in total. The van der Waals surface area contributed by atoms with Crippen LogP contribution in [0.2, 0.25) is 0 Å². The van der Waals surface area contributed by atoms with Crippen LogP contribution in [0.3, 0.4) is 0 Å². The van der Waals surface area contributed by atoms with Gasteiger partial charge in [-0.1, -0.05) is 30.3 Å². The lowest BCUT2D eigenvalue weighted by Crippen LogP contribution is -2.29. The Kier molecular flexibility index (Phi) is 6.17. The van der Waals surface area contributed by atoms with Crippen molar-refractivity contribution < 1.29 is 14.3 Å². The largest absolute Gasteiger partial charge is 0.497 e. The average Bonchev–Trinajstić information content (AvgIpc) is 2.56. The zero-order valence-electron chi connectivity index (χ0n) is 13.0. The molecule has 0 radical (unpaired) electrons. The highest BCUT2D eigenvalue weighted by molar-refractivity contribution is 6.03. The van der Waals surface area contributed by atoms with E-state index in [9.17, 15) is 9.59 Å². The fourth-order valence-electron chi connectivity index (χ4n) is 2.08. The monoisotopic (exact) mass is 312 g/mol. The van der Waals surface area contributed by atoms with E-state index in [4.69, 9.17) is 4.74 Å². The molecule has 23 heavy (non-hydrogen) atoms. The number of carbonyl (C=O) groups excluding carboxylic acids is 2. The maximum atomic E-state index is 11.8. The lowest BCUT2D eigenvalue weighted by molar-refractivity contribution is -0.126. The molecule has 0 aliphatic heterocycles. The minimum absolute atomic E-state index is 0.194. The lowest BCUT2D eigenvalue weighted by atomic mass is 10.1. The van der Waals surface area contributed by atoms with E-state index in [0.717, 1.165) is 12.0 Å². The molecule has 0 aliphatic carbocycles. The standard InChI is InChI=1S/C18H20N2O3/c1-23-16-9-7-15(8-10-16)20-18(22)13-17(21)19-12-11-14-5-3-2-4-6-14/h2-10H,11-13H2,1H3,(H,19,21)(H,20,22). The van der Waals surface area contributed by atoms with E-state index in [1.807, 2.05) is 30.3 Å². The van der Waals surface area contributed by atoms with Gasteiger partial charge < -0.3 is 15.4 Å². The second-order valence-electron chi connectivity index (χ2n) is 5.04. The molecule has 0 fully saturated rings. The van der Waals surface area contributed by atoms with Crippen LogP contribution in [0.5, 0.6) is 5.75 Å². The summed E-state index contributed by atoms with van der Waals surface area (Å²) in [5, 5.41) is 5.42. The summed E-state index contributed by atoms with van der Waals surface area (Å²) in [6.45, 7) is 0.513. The van der Waals surface area contributed by atoms with Gasteiger partial charge in [0.15, 0.2) is 0 Å². The summed E-state index contributed by atoms with van der Waals surface area (Å²) < 4.78 is 5.04. The van der Waals surface area contributed by atoms with Gasteiger partial charge in [-0.3, -0.25) is 9.59 Å². The lowest BCUT2D eigenvalue weighted by Gasteiger charge is -2.07. The van der Waals surface area contributed by atoms with Crippen LogP contribution in [0.25, 0.3) is 0 Å². The van der Waals surface area contributed by atoms with Crippen LogP contribution < -0.4 is 15.4 Å². The van der Waals surface area contributed by atoms with Crippen molar-refractivity contribution in [3.8, 4) is 5.75 Å². The smallest absolute Gasteiger partial charge is 0.233 e. The van der Waals surface area contributed by atoms with Gasteiger partial charge in [-0.25, -0.2) is 0 Å². The third kappa shape index (κ3) is 5.82. The topological polar surface area (TPSA) is 67.4 Å². The van der Waals surface area contributed by atoms with Crippen molar-refractivity contribution in [3.63, 3.8) is 0 Å². The molecule has 5 heteroatoms. The quantitative estimate of drug-likeness (QED) is 0.771. The van der Waals surface area contributed by atoms with Gasteiger partial charge in [0.1, 0.15) is 12.2 Å². The van der Waals surface area contributed by atoms with Crippen molar-refractivity contribution in [1.82, 2.24) is 5.32 Å². The van der Waals surface area contributed by atoms with Crippen molar-refractivity contribution in [2.24, 2.45) is 0 Å². The van der Waals surface area contributed by atoms with Crippen molar-refractivity contribution in [1.29, 1.82) is 0 Å². The predicted molar refractivity (Wildman–Crippen MR) is 89.4 cm³/mol. The Morgan fingerprint density at radius 2 is 1.65 bits per heavy atom. The van der Waals surface area contributed by atoms with Crippen LogP contribution in [-0.4, -0.2) is 25.5 Å². The molecule has 0 atom stereocenters. The Labute approximate surface area is 135 Å². The number of rotatable bonds is 7. The molecular weight excluding hydrogens is 292 g/mol. The summed E-state index contributed by atoms with van der Waals surface area (Å²) in [6, 6.07) is 16.8. The Morgan fingerprint density at radius 1 is 0.957 bits per heavy atom. The zero-order chi connectivity index (χ0) is 16.5. The van der Waals surface area contributed by atoms with Gasteiger partial charge in [0.25, 0.3) is 0 Å². The SMILES string of the molecule is COc1ccc(NC(=O)CC(=O)NCCc2ccccc2)cc1. The normalized spacial score (nSPS) is 9.96. The van der Waals surface area contributed by atoms with Crippen molar-refractivity contribution in [3.05, 3.63) is 60.2 Å². The van der Waals surface area contributed by atoms with E-state index in [-0.39, 0.29) is 18.2 Å². The molecule has 5 nitrogen and oxygen atoms in total. The van der Waals surface area contributed by atoms with Gasteiger partial charge in [0.2, 0.25) is 11.8 Å². The fraction of sp³-hybridized carbons (Fsp3) is 0.222. The highest BCUT2D eigenvalue weighted by Crippen LogP contribution is 2.15. The van der Waals surface area contributed by atoms with Crippen LogP contribution in [0, 0.1) is 0 Å². The summed E-state index contributed by atoms with van der Waals surface area (Å²) in [5.74, 6) is 0.0842. The summed E-state index contributed by atoms with van der Waals surface area (Å²) in [7, 11) is 1.58. The number of hydrogen-bond donors (Lipinski definition) is 2. The van der Waals surface area contributed by atoms with E-state index in [1.165, 1.54) is 0 Å². The Hall–Kier alpha value is -2.82. The minimum Gasteiger partial charge on any atom is -0.497 e. The molecule has 2 rings (SSSR count). The van der Waals surface area contributed by atoms with Gasteiger partial charge in [-0.15, -0.1) is 0 Å². The Bertz CT molecular complexity index is 639. The first-order valence-electron chi connectivity index (χ1n) is 7.42. The summed E-state index contributed by atoms with van der Waals surface area (Å²) in [6.07, 6.45) is 0.549. The van der Waals surface area contributed by atoms with Crippen LogP contribution >= 0.6 is 0 Å².